The number of benzene rings is 1. The van der Waals surface area contributed by atoms with Crippen molar-refractivity contribution in [2.75, 3.05) is 26.2 Å². The summed E-state index contributed by atoms with van der Waals surface area (Å²) in [5, 5.41) is 5.02. The molecule has 0 aromatic heterocycles. The summed E-state index contributed by atoms with van der Waals surface area (Å²) in [5.41, 5.74) is 0.798. The first-order valence-electron chi connectivity index (χ1n) is 6.12. The van der Waals surface area contributed by atoms with Crippen molar-refractivity contribution in [2.24, 2.45) is 5.14 Å². The monoisotopic (exact) mass is 301 g/mol. The van der Waals surface area contributed by atoms with Gasteiger partial charge in [0.2, 0.25) is 0 Å². The van der Waals surface area contributed by atoms with Crippen LogP contribution in [0.5, 0.6) is 0 Å². The minimum absolute atomic E-state index is 0.00838. The number of carbonyl (C=O) groups is 1. The number of aryl methyl sites for hydroxylation is 1. The van der Waals surface area contributed by atoms with Crippen LogP contribution in [-0.2, 0) is 10.2 Å². The maximum Gasteiger partial charge on any atom is 0.277 e. The third kappa shape index (κ3) is 3.14. The van der Waals surface area contributed by atoms with Crippen molar-refractivity contribution in [3.63, 3.8) is 0 Å². The Morgan fingerprint density at radius 1 is 1.25 bits per heavy atom. The van der Waals surface area contributed by atoms with E-state index in [0.717, 1.165) is 9.87 Å². The topological polar surface area (TPSA) is 83.7 Å². The van der Waals surface area contributed by atoms with Crippen LogP contribution in [0.4, 0.5) is 4.39 Å². The molecule has 1 saturated heterocycles. The van der Waals surface area contributed by atoms with Gasteiger partial charge >= 0.3 is 0 Å². The van der Waals surface area contributed by atoms with Gasteiger partial charge in [0, 0.05) is 26.2 Å². The Kier molecular flexibility index (Phi) is 4.07. The molecule has 1 heterocycles. The summed E-state index contributed by atoms with van der Waals surface area (Å²) in [6, 6.07) is 4.33. The Morgan fingerprint density at radius 3 is 2.40 bits per heavy atom. The molecule has 8 heteroatoms. The number of carbonyl (C=O) groups excluding carboxylic acids is 1. The minimum Gasteiger partial charge on any atom is -0.336 e. The largest absolute Gasteiger partial charge is 0.336 e. The van der Waals surface area contributed by atoms with Crippen LogP contribution in [0.25, 0.3) is 0 Å². The summed E-state index contributed by atoms with van der Waals surface area (Å²) in [4.78, 5) is 13.6. The van der Waals surface area contributed by atoms with Gasteiger partial charge in [-0.05, 0) is 19.1 Å². The number of piperazine rings is 1. The van der Waals surface area contributed by atoms with Gasteiger partial charge in [0.25, 0.3) is 16.1 Å². The van der Waals surface area contributed by atoms with Crippen molar-refractivity contribution in [1.29, 1.82) is 0 Å². The summed E-state index contributed by atoms with van der Waals surface area (Å²) in [6.45, 7) is 2.41. The van der Waals surface area contributed by atoms with Gasteiger partial charge in [0.05, 0.1) is 5.56 Å². The first kappa shape index (κ1) is 14.9. The molecule has 1 amide bonds. The standard InChI is InChI=1S/C12H16FN3O3S/c1-9-2-3-11(13)10(8-9)12(17)15-4-6-16(7-5-15)20(14,18)19/h2-3,8H,4-7H2,1H3,(H2,14,18,19). The van der Waals surface area contributed by atoms with Crippen LogP contribution in [0, 0.1) is 12.7 Å². The maximum absolute atomic E-state index is 13.7. The van der Waals surface area contributed by atoms with Crippen molar-refractivity contribution < 1.29 is 17.6 Å². The van der Waals surface area contributed by atoms with E-state index in [-0.39, 0.29) is 31.7 Å². The van der Waals surface area contributed by atoms with E-state index in [4.69, 9.17) is 5.14 Å². The molecule has 20 heavy (non-hydrogen) atoms. The number of hydrogen-bond acceptors (Lipinski definition) is 3. The van der Waals surface area contributed by atoms with Gasteiger partial charge in [0.1, 0.15) is 5.82 Å². The van der Waals surface area contributed by atoms with Crippen molar-refractivity contribution >= 4 is 16.1 Å². The van der Waals surface area contributed by atoms with Crippen molar-refractivity contribution in [3.8, 4) is 0 Å². The van der Waals surface area contributed by atoms with E-state index in [1.54, 1.807) is 13.0 Å². The lowest BCUT2D eigenvalue weighted by Crippen LogP contribution is -2.52. The van der Waals surface area contributed by atoms with Gasteiger partial charge in [0.15, 0.2) is 0 Å². The molecule has 0 spiro atoms. The fourth-order valence-corrected chi connectivity index (χ4v) is 2.79. The molecule has 1 aromatic rings. The first-order chi connectivity index (χ1) is 9.29. The fourth-order valence-electron chi connectivity index (χ4n) is 2.12. The second kappa shape index (κ2) is 5.47. The number of hydrogen-bond donors (Lipinski definition) is 1. The molecule has 1 fully saturated rings. The number of rotatable bonds is 2. The van der Waals surface area contributed by atoms with Crippen LogP contribution in [0.15, 0.2) is 18.2 Å². The van der Waals surface area contributed by atoms with Crippen LogP contribution in [0.1, 0.15) is 15.9 Å². The Hall–Kier alpha value is -1.51. The van der Waals surface area contributed by atoms with Crippen molar-refractivity contribution in [2.45, 2.75) is 6.92 Å². The lowest BCUT2D eigenvalue weighted by Gasteiger charge is -2.33. The molecule has 2 rings (SSSR count). The Bertz CT molecular complexity index is 625. The zero-order chi connectivity index (χ0) is 14.9. The fraction of sp³-hybridized carbons (Fsp3) is 0.417. The quantitative estimate of drug-likeness (QED) is 0.840. The van der Waals surface area contributed by atoms with Gasteiger partial charge < -0.3 is 4.90 Å². The van der Waals surface area contributed by atoms with E-state index >= 15 is 0 Å². The average Bonchev–Trinajstić information content (AvgIpc) is 2.40. The lowest BCUT2D eigenvalue weighted by molar-refractivity contribution is 0.0693. The van der Waals surface area contributed by atoms with E-state index in [1.807, 2.05) is 0 Å². The molecular formula is C12H16FN3O3S. The van der Waals surface area contributed by atoms with Crippen LogP contribution < -0.4 is 5.14 Å². The highest BCUT2D eigenvalue weighted by Gasteiger charge is 2.28. The SMILES string of the molecule is Cc1ccc(F)c(C(=O)N2CCN(S(N)(=O)=O)CC2)c1. The highest BCUT2D eigenvalue weighted by Crippen LogP contribution is 2.15. The van der Waals surface area contributed by atoms with Gasteiger partial charge in [-0.1, -0.05) is 11.6 Å². The van der Waals surface area contributed by atoms with Gasteiger partial charge in [-0.3, -0.25) is 4.79 Å². The summed E-state index contributed by atoms with van der Waals surface area (Å²) in [6.07, 6.45) is 0. The highest BCUT2D eigenvalue weighted by atomic mass is 32.2. The maximum atomic E-state index is 13.7. The van der Waals surface area contributed by atoms with Crippen molar-refractivity contribution in [1.82, 2.24) is 9.21 Å². The van der Waals surface area contributed by atoms with Gasteiger partial charge in [-0.15, -0.1) is 0 Å². The number of nitrogens with two attached hydrogens (primary N) is 1. The third-order valence-corrected chi connectivity index (χ3v) is 4.32. The molecule has 2 N–H and O–H groups in total. The molecule has 0 atom stereocenters. The highest BCUT2D eigenvalue weighted by molar-refractivity contribution is 7.86. The molecule has 0 bridgehead atoms. The predicted octanol–water partition coefficient (Wildman–Crippen LogP) is 0.0954. The van der Waals surface area contributed by atoms with Crippen LogP contribution >= 0.6 is 0 Å². The zero-order valence-electron chi connectivity index (χ0n) is 11.0. The number of halogens is 1. The average molecular weight is 301 g/mol. The Balaban J connectivity index is 2.11. The van der Waals surface area contributed by atoms with Crippen LogP contribution in [0.3, 0.4) is 0 Å². The molecule has 1 aromatic carbocycles. The smallest absolute Gasteiger partial charge is 0.277 e. The minimum atomic E-state index is -3.73. The second-order valence-corrected chi connectivity index (χ2v) is 6.27. The van der Waals surface area contributed by atoms with E-state index in [0.29, 0.717) is 0 Å². The molecule has 0 saturated carbocycles. The molecule has 1 aliphatic rings. The first-order valence-corrected chi connectivity index (χ1v) is 7.62. The van der Waals surface area contributed by atoms with Gasteiger partial charge in [-0.25, -0.2) is 9.53 Å². The summed E-state index contributed by atoms with van der Waals surface area (Å²) in [5.74, 6) is -1.00. The second-order valence-electron chi connectivity index (χ2n) is 4.72. The molecule has 0 unspecified atom stereocenters. The molecule has 0 radical (unpaired) electrons. The van der Waals surface area contributed by atoms with E-state index < -0.39 is 21.9 Å². The normalized spacial score (nSPS) is 17.2. The zero-order valence-corrected chi connectivity index (χ0v) is 11.9. The van der Waals surface area contributed by atoms with Crippen molar-refractivity contribution in [3.05, 3.63) is 35.1 Å². The van der Waals surface area contributed by atoms with Crippen LogP contribution in [-0.4, -0.2) is 49.7 Å². The molecule has 110 valence electrons. The van der Waals surface area contributed by atoms with Crippen LogP contribution in [0.2, 0.25) is 0 Å². The third-order valence-electron chi connectivity index (χ3n) is 3.24. The molecular weight excluding hydrogens is 285 g/mol. The number of amides is 1. The molecule has 0 aliphatic carbocycles. The van der Waals surface area contributed by atoms with E-state index in [2.05, 4.69) is 0 Å². The van der Waals surface area contributed by atoms with Gasteiger partial charge in [-0.2, -0.15) is 12.7 Å². The number of nitrogens with zero attached hydrogens (tertiary/aromatic N) is 2. The Morgan fingerprint density at radius 2 is 1.85 bits per heavy atom. The lowest BCUT2D eigenvalue weighted by atomic mass is 10.1. The molecule has 1 aliphatic heterocycles. The summed E-state index contributed by atoms with van der Waals surface area (Å²) < 4.78 is 37.1. The Labute approximate surface area is 117 Å². The predicted molar refractivity (Wildman–Crippen MR) is 71.7 cm³/mol. The van der Waals surface area contributed by atoms with E-state index in [9.17, 15) is 17.6 Å². The van der Waals surface area contributed by atoms with E-state index in [1.165, 1.54) is 17.0 Å². The summed E-state index contributed by atoms with van der Waals surface area (Å²) in [7, 11) is -3.73. The summed E-state index contributed by atoms with van der Waals surface area (Å²) >= 11 is 0. The molecule has 6 nitrogen and oxygen atoms in total.